The molecule has 1 amide bonds. The summed E-state index contributed by atoms with van der Waals surface area (Å²) in [6.45, 7) is 1.67. The number of amides is 1. The number of carboxylic acids is 1. The van der Waals surface area contributed by atoms with Crippen LogP contribution in [0, 0.1) is 0 Å². The number of rotatable bonds is 7. The van der Waals surface area contributed by atoms with Crippen LogP contribution in [0.2, 0.25) is 0 Å². The summed E-state index contributed by atoms with van der Waals surface area (Å²) in [5.74, 6) is -0.620. The maximum atomic E-state index is 12.4. The Hall–Kier alpha value is -3.02. The lowest BCUT2D eigenvalue weighted by Crippen LogP contribution is -2.45. The van der Waals surface area contributed by atoms with Crippen LogP contribution < -0.4 is 10.1 Å². The van der Waals surface area contributed by atoms with E-state index in [1.165, 1.54) is 19.2 Å². The van der Waals surface area contributed by atoms with Gasteiger partial charge in [-0.25, -0.2) is 0 Å². The van der Waals surface area contributed by atoms with Crippen LogP contribution in [0.15, 0.2) is 48.5 Å². The summed E-state index contributed by atoms with van der Waals surface area (Å²) >= 11 is 0. The molecule has 2 rings (SSSR count). The van der Waals surface area contributed by atoms with Gasteiger partial charge in [-0.2, -0.15) is 0 Å². The third-order valence-electron chi connectivity index (χ3n) is 3.93. The first-order valence-electron chi connectivity index (χ1n) is 7.77. The van der Waals surface area contributed by atoms with Gasteiger partial charge in [0.1, 0.15) is 11.5 Å². The second-order valence-electron chi connectivity index (χ2n) is 6.03. The van der Waals surface area contributed by atoms with Gasteiger partial charge in [-0.1, -0.05) is 24.3 Å². The predicted molar refractivity (Wildman–Crippen MR) is 92.6 cm³/mol. The number of nitrogens with one attached hydrogen (secondary N) is 1. The maximum absolute atomic E-state index is 12.4. The normalized spacial score (nSPS) is 12.9. The summed E-state index contributed by atoms with van der Waals surface area (Å²) in [5, 5.41) is 21.4. The van der Waals surface area contributed by atoms with E-state index in [0.29, 0.717) is 11.3 Å². The molecule has 0 aliphatic rings. The first-order valence-corrected chi connectivity index (χ1v) is 7.77. The van der Waals surface area contributed by atoms with Gasteiger partial charge in [0.05, 0.1) is 25.5 Å². The van der Waals surface area contributed by atoms with Crippen LogP contribution in [0.1, 0.15) is 24.5 Å². The van der Waals surface area contributed by atoms with Crippen molar-refractivity contribution in [3.8, 4) is 11.5 Å². The van der Waals surface area contributed by atoms with Gasteiger partial charge in [0.15, 0.2) is 0 Å². The highest BCUT2D eigenvalue weighted by molar-refractivity contribution is 5.81. The molecule has 1 atom stereocenters. The molecule has 2 aromatic carbocycles. The van der Waals surface area contributed by atoms with Gasteiger partial charge < -0.3 is 20.3 Å². The molecule has 0 heterocycles. The summed E-state index contributed by atoms with van der Waals surface area (Å²) in [6, 6.07) is 13.3. The molecule has 3 N–H and O–H groups in total. The lowest BCUT2D eigenvalue weighted by molar-refractivity contribution is -0.139. The second-order valence-corrected chi connectivity index (χ2v) is 6.03. The van der Waals surface area contributed by atoms with E-state index in [4.69, 9.17) is 4.74 Å². The number of carbonyl (C=O) groups is 2. The van der Waals surface area contributed by atoms with Crippen molar-refractivity contribution in [2.75, 3.05) is 7.11 Å². The minimum atomic E-state index is -1.08. The minimum absolute atomic E-state index is 0.0828. The SMILES string of the molecule is COc1cccc(C(C)(CC(=O)O)NC(=O)Cc2ccc(O)cc2)c1. The first-order chi connectivity index (χ1) is 11.8. The molecule has 0 aromatic heterocycles. The van der Waals surface area contributed by atoms with Crippen molar-refractivity contribution in [3.05, 3.63) is 59.7 Å². The molecule has 132 valence electrons. The van der Waals surface area contributed by atoms with Crippen LogP contribution in [0.4, 0.5) is 0 Å². The van der Waals surface area contributed by atoms with Gasteiger partial charge in [0.25, 0.3) is 0 Å². The highest BCUT2D eigenvalue weighted by Gasteiger charge is 2.31. The number of hydrogen-bond acceptors (Lipinski definition) is 4. The molecular weight excluding hydrogens is 322 g/mol. The summed E-state index contributed by atoms with van der Waals surface area (Å²) in [6.07, 6.45) is -0.180. The zero-order valence-electron chi connectivity index (χ0n) is 14.2. The lowest BCUT2D eigenvalue weighted by atomic mass is 9.88. The molecule has 2 aromatic rings. The number of aliphatic carboxylic acids is 1. The summed E-state index contributed by atoms with van der Waals surface area (Å²) in [4.78, 5) is 23.7. The van der Waals surface area contributed by atoms with E-state index in [2.05, 4.69) is 5.32 Å². The molecule has 6 nitrogen and oxygen atoms in total. The fraction of sp³-hybridized carbons (Fsp3) is 0.263. The van der Waals surface area contributed by atoms with Crippen molar-refractivity contribution >= 4 is 11.9 Å². The van der Waals surface area contributed by atoms with Crippen molar-refractivity contribution in [3.63, 3.8) is 0 Å². The highest BCUT2D eigenvalue weighted by atomic mass is 16.5. The van der Waals surface area contributed by atoms with Gasteiger partial charge in [-0.3, -0.25) is 9.59 Å². The number of aromatic hydroxyl groups is 1. The van der Waals surface area contributed by atoms with Crippen LogP contribution in [0.3, 0.4) is 0 Å². The molecule has 0 saturated heterocycles. The molecule has 0 bridgehead atoms. The van der Waals surface area contributed by atoms with Gasteiger partial charge in [0, 0.05) is 0 Å². The Morgan fingerprint density at radius 1 is 1.16 bits per heavy atom. The summed E-state index contributed by atoms with van der Waals surface area (Å²) in [5.41, 5.74) is 0.292. The van der Waals surface area contributed by atoms with E-state index >= 15 is 0 Å². The molecule has 0 fully saturated rings. The Morgan fingerprint density at radius 2 is 1.84 bits per heavy atom. The van der Waals surface area contributed by atoms with E-state index in [0.717, 1.165) is 5.56 Å². The first kappa shape index (κ1) is 18.3. The smallest absolute Gasteiger partial charge is 0.306 e. The molecular formula is C19H21NO5. The third kappa shape index (κ3) is 4.97. The second kappa shape index (κ2) is 7.70. The summed E-state index contributed by atoms with van der Waals surface area (Å²) < 4.78 is 5.18. The highest BCUT2D eigenvalue weighted by Crippen LogP contribution is 2.28. The van der Waals surface area contributed by atoms with Crippen LogP contribution in [0.25, 0.3) is 0 Å². The number of benzene rings is 2. The van der Waals surface area contributed by atoms with Crippen molar-refractivity contribution in [2.45, 2.75) is 25.3 Å². The number of ether oxygens (including phenoxy) is 1. The standard InChI is InChI=1S/C19H21NO5/c1-19(12-18(23)24,14-4-3-5-16(11-14)25-2)20-17(22)10-13-6-8-15(21)9-7-13/h3-9,11,21H,10,12H2,1-2H3,(H,20,22)(H,23,24). The Morgan fingerprint density at radius 3 is 2.44 bits per heavy atom. The third-order valence-corrected chi connectivity index (χ3v) is 3.93. The van der Waals surface area contributed by atoms with Crippen LogP contribution >= 0.6 is 0 Å². The fourth-order valence-corrected chi connectivity index (χ4v) is 2.64. The van der Waals surface area contributed by atoms with Gasteiger partial charge >= 0.3 is 5.97 Å². The quantitative estimate of drug-likeness (QED) is 0.718. The number of phenols is 1. The van der Waals surface area contributed by atoms with Gasteiger partial charge in [-0.05, 0) is 42.3 Å². The molecule has 1 unspecified atom stereocenters. The average molecular weight is 343 g/mol. The largest absolute Gasteiger partial charge is 0.508 e. The van der Waals surface area contributed by atoms with Crippen LogP contribution in [0.5, 0.6) is 11.5 Å². The number of carbonyl (C=O) groups excluding carboxylic acids is 1. The minimum Gasteiger partial charge on any atom is -0.508 e. The van der Waals surface area contributed by atoms with Gasteiger partial charge in [0.2, 0.25) is 5.91 Å². The fourth-order valence-electron chi connectivity index (χ4n) is 2.64. The van der Waals surface area contributed by atoms with E-state index in [1.807, 2.05) is 0 Å². The van der Waals surface area contributed by atoms with E-state index in [1.54, 1.807) is 43.3 Å². The zero-order chi connectivity index (χ0) is 18.4. The predicted octanol–water partition coefficient (Wildman–Crippen LogP) is 2.45. The molecule has 0 spiro atoms. The number of methoxy groups -OCH3 is 1. The topological polar surface area (TPSA) is 95.9 Å². The molecule has 0 aliphatic carbocycles. The summed E-state index contributed by atoms with van der Waals surface area (Å²) in [7, 11) is 1.52. The molecule has 0 radical (unpaired) electrons. The van der Waals surface area contributed by atoms with E-state index in [9.17, 15) is 19.8 Å². The lowest BCUT2D eigenvalue weighted by Gasteiger charge is -2.30. The Bertz CT molecular complexity index is 757. The van der Waals surface area contributed by atoms with Crippen molar-refractivity contribution in [2.24, 2.45) is 0 Å². The van der Waals surface area contributed by atoms with Crippen molar-refractivity contribution < 1.29 is 24.5 Å². The van der Waals surface area contributed by atoms with Crippen LogP contribution in [-0.4, -0.2) is 29.2 Å². The Balaban J connectivity index is 2.22. The molecule has 0 saturated carbocycles. The van der Waals surface area contributed by atoms with Crippen molar-refractivity contribution in [1.82, 2.24) is 5.32 Å². The molecule has 6 heteroatoms. The maximum Gasteiger partial charge on any atom is 0.306 e. The molecule has 0 aliphatic heterocycles. The number of carboxylic acid groups (broad SMARTS) is 1. The number of phenolic OH excluding ortho intramolecular Hbond substituents is 1. The van der Waals surface area contributed by atoms with E-state index in [-0.39, 0.29) is 24.5 Å². The number of hydrogen-bond donors (Lipinski definition) is 3. The van der Waals surface area contributed by atoms with Gasteiger partial charge in [-0.15, -0.1) is 0 Å². The zero-order valence-corrected chi connectivity index (χ0v) is 14.2. The van der Waals surface area contributed by atoms with Crippen molar-refractivity contribution in [1.29, 1.82) is 0 Å². The monoisotopic (exact) mass is 343 g/mol. The van der Waals surface area contributed by atoms with E-state index < -0.39 is 11.5 Å². The Labute approximate surface area is 146 Å². The average Bonchev–Trinajstić information content (AvgIpc) is 2.56. The molecule has 25 heavy (non-hydrogen) atoms. The van der Waals surface area contributed by atoms with Crippen LogP contribution in [-0.2, 0) is 21.5 Å². The Kier molecular flexibility index (Phi) is 5.64.